The molecule has 0 bridgehead atoms. The quantitative estimate of drug-likeness (QED) is 0.569. The van der Waals surface area contributed by atoms with Crippen LogP contribution in [-0.4, -0.2) is 12.6 Å². The Labute approximate surface area is 109 Å². The van der Waals surface area contributed by atoms with Crippen LogP contribution in [0, 0.1) is 0 Å². The Hall–Kier alpha value is -0.0800. The van der Waals surface area contributed by atoms with E-state index in [0.717, 1.165) is 6.04 Å². The fraction of sp³-hybridized carbons (Fsp3) is 1.00. The SMILES string of the molecule is CCCCCCCCCNC1CCCCC1.N. The summed E-state index contributed by atoms with van der Waals surface area (Å²) in [5.74, 6) is 0. The maximum atomic E-state index is 3.72. The Morgan fingerprint density at radius 2 is 1.41 bits per heavy atom. The van der Waals surface area contributed by atoms with Gasteiger partial charge in [0, 0.05) is 6.04 Å². The highest BCUT2D eigenvalue weighted by Crippen LogP contribution is 2.17. The van der Waals surface area contributed by atoms with Gasteiger partial charge in [0.2, 0.25) is 0 Å². The molecule has 1 saturated carbocycles. The van der Waals surface area contributed by atoms with E-state index in [1.807, 2.05) is 0 Å². The monoisotopic (exact) mass is 242 g/mol. The van der Waals surface area contributed by atoms with Gasteiger partial charge >= 0.3 is 0 Å². The third-order valence-corrected chi connectivity index (χ3v) is 3.82. The second-order valence-corrected chi connectivity index (χ2v) is 5.41. The molecule has 0 heterocycles. The maximum Gasteiger partial charge on any atom is 0.00670 e. The number of nitrogens with one attached hydrogen (secondary N) is 1. The molecule has 0 aromatic rings. The molecular formula is C15H34N2. The minimum absolute atomic E-state index is 0. The molecule has 2 nitrogen and oxygen atoms in total. The summed E-state index contributed by atoms with van der Waals surface area (Å²) >= 11 is 0. The minimum Gasteiger partial charge on any atom is -0.344 e. The Morgan fingerprint density at radius 3 is 2.06 bits per heavy atom. The second-order valence-electron chi connectivity index (χ2n) is 5.41. The highest BCUT2D eigenvalue weighted by molar-refractivity contribution is 4.71. The molecule has 0 aromatic heterocycles. The van der Waals surface area contributed by atoms with Crippen molar-refractivity contribution in [2.24, 2.45) is 0 Å². The fourth-order valence-electron chi connectivity index (χ4n) is 2.70. The van der Waals surface area contributed by atoms with Crippen LogP contribution in [-0.2, 0) is 0 Å². The van der Waals surface area contributed by atoms with Crippen LogP contribution >= 0.6 is 0 Å². The summed E-state index contributed by atoms with van der Waals surface area (Å²) < 4.78 is 0. The number of hydrogen-bond acceptors (Lipinski definition) is 2. The van der Waals surface area contributed by atoms with Crippen molar-refractivity contribution in [2.45, 2.75) is 90.0 Å². The van der Waals surface area contributed by atoms with Gasteiger partial charge in [0.05, 0.1) is 0 Å². The van der Waals surface area contributed by atoms with Crippen molar-refractivity contribution in [1.29, 1.82) is 0 Å². The number of unbranched alkanes of at least 4 members (excludes halogenated alkanes) is 6. The largest absolute Gasteiger partial charge is 0.344 e. The predicted octanol–water partition coefficient (Wildman–Crippen LogP) is 4.82. The van der Waals surface area contributed by atoms with Gasteiger partial charge in [0.1, 0.15) is 0 Å². The molecule has 0 aromatic carbocycles. The van der Waals surface area contributed by atoms with Gasteiger partial charge in [0.15, 0.2) is 0 Å². The van der Waals surface area contributed by atoms with Crippen LogP contribution in [0.1, 0.15) is 84.0 Å². The zero-order chi connectivity index (χ0) is 11.5. The second kappa shape index (κ2) is 12.4. The molecule has 0 saturated heterocycles. The van der Waals surface area contributed by atoms with E-state index in [2.05, 4.69) is 12.2 Å². The third kappa shape index (κ3) is 9.61. The smallest absolute Gasteiger partial charge is 0.00670 e. The van der Waals surface area contributed by atoms with Crippen LogP contribution < -0.4 is 11.5 Å². The lowest BCUT2D eigenvalue weighted by Gasteiger charge is -2.22. The van der Waals surface area contributed by atoms with E-state index in [-0.39, 0.29) is 6.15 Å². The van der Waals surface area contributed by atoms with Crippen molar-refractivity contribution in [2.75, 3.05) is 6.54 Å². The third-order valence-electron chi connectivity index (χ3n) is 3.82. The van der Waals surface area contributed by atoms with Crippen molar-refractivity contribution in [3.05, 3.63) is 0 Å². The van der Waals surface area contributed by atoms with Crippen molar-refractivity contribution < 1.29 is 0 Å². The zero-order valence-electron chi connectivity index (χ0n) is 12.0. The molecule has 4 N–H and O–H groups in total. The summed E-state index contributed by atoms with van der Waals surface area (Å²) in [7, 11) is 0. The lowest BCUT2D eigenvalue weighted by molar-refractivity contribution is 0.369. The van der Waals surface area contributed by atoms with E-state index in [1.54, 1.807) is 0 Å². The van der Waals surface area contributed by atoms with Crippen LogP contribution in [0.5, 0.6) is 0 Å². The van der Waals surface area contributed by atoms with Crippen molar-refractivity contribution >= 4 is 0 Å². The van der Waals surface area contributed by atoms with E-state index < -0.39 is 0 Å². The van der Waals surface area contributed by atoms with E-state index in [0.29, 0.717) is 0 Å². The molecule has 0 amide bonds. The summed E-state index contributed by atoms with van der Waals surface area (Å²) in [4.78, 5) is 0. The molecule has 1 aliphatic carbocycles. The topological polar surface area (TPSA) is 47.0 Å². The molecule has 0 unspecified atom stereocenters. The lowest BCUT2D eigenvalue weighted by atomic mass is 9.95. The van der Waals surface area contributed by atoms with Gasteiger partial charge in [-0.3, -0.25) is 0 Å². The van der Waals surface area contributed by atoms with Gasteiger partial charge < -0.3 is 11.5 Å². The van der Waals surface area contributed by atoms with Crippen LogP contribution in [0.4, 0.5) is 0 Å². The molecule has 0 atom stereocenters. The predicted molar refractivity (Wildman–Crippen MR) is 77.9 cm³/mol. The lowest BCUT2D eigenvalue weighted by Crippen LogP contribution is -2.31. The summed E-state index contributed by atoms with van der Waals surface area (Å²) in [5, 5.41) is 3.72. The average molecular weight is 242 g/mol. The first-order valence-electron chi connectivity index (χ1n) is 7.67. The van der Waals surface area contributed by atoms with Crippen LogP contribution in [0.3, 0.4) is 0 Å². The summed E-state index contributed by atoms with van der Waals surface area (Å²) in [6.07, 6.45) is 17.2. The van der Waals surface area contributed by atoms with Gasteiger partial charge in [-0.05, 0) is 25.8 Å². The normalized spacial score (nSPS) is 16.8. The maximum absolute atomic E-state index is 3.72. The minimum atomic E-state index is 0. The highest BCUT2D eigenvalue weighted by Gasteiger charge is 2.11. The molecular weight excluding hydrogens is 208 g/mol. The molecule has 1 rings (SSSR count). The standard InChI is InChI=1S/C15H31N.H3N/c1-2-3-4-5-6-7-11-14-16-15-12-9-8-10-13-15;/h15-16H,2-14H2,1H3;1H3. The van der Waals surface area contributed by atoms with Crippen molar-refractivity contribution in [1.82, 2.24) is 11.5 Å². The highest BCUT2D eigenvalue weighted by atomic mass is 14.9. The molecule has 0 aliphatic heterocycles. The first-order chi connectivity index (χ1) is 7.93. The van der Waals surface area contributed by atoms with Gasteiger partial charge in [-0.25, -0.2) is 0 Å². The molecule has 17 heavy (non-hydrogen) atoms. The zero-order valence-corrected chi connectivity index (χ0v) is 12.0. The van der Waals surface area contributed by atoms with Crippen molar-refractivity contribution in [3.63, 3.8) is 0 Å². The summed E-state index contributed by atoms with van der Waals surface area (Å²) in [6.45, 7) is 3.55. The Bertz CT molecular complexity index is 142. The first kappa shape index (κ1) is 16.9. The molecule has 0 radical (unpaired) electrons. The van der Waals surface area contributed by atoms with E-state index >= 15 is 0 Å². The van der Waals surface area contributed by atoms with E-state index in [4.69, 9.17) is 0 Å². The van der Waals surface area contributed by atoms with Crippen LogP contribution in [0.2, 0.25) is 0 Å². The van der Waals surface area contributed by atoms with Crippen LogP contribution in [0.25, 0.3) is 0 Å². The molecule has 2 heteroatoms. The van der Waals surface area contributed by atoms with Crippen LogP contribution in [0.15, 0.2) is 0 Å². The Balaban J connectivity index is 0.00000256. The van der Waals surface area contributed by atoms with E-state index in [1.165, 1.54) is 83.6 Å². The first-order valence-corrected chi connectivity index (χ1v) is 7.67. The Kier molecular flexibility index (Phi) is 12.3. The molecule has 104 valence electrons. The molecule has 0 spiro atoms. The number of rotatable bonds is 9. The molecule has 1 fully saturated rings. The van der Waals surface area contributed by atoms with Gasteiger partial charge in [-0.15, -0.1) is 0 Å². The molecule has 1 aliphatic rings. The number of hydrogen-bond donors (Lipinski definition) is 2. The summed E-state index contributed by atoms with van der Waals surface area (Å²) in [5.41, 5.74) is 0. The van der Waals surface area contributed by atoms with Gasteiger partial charge in [-0.2, -0.15) is 0 Å². The van der Waals surface area contributed by atoms with Gasteiger partial charge in [-0.1, -0.05) is 64.7 Å². The summed E-state index contributed by atoms with van der Waals surface area (Å²) in [6, 6.07) is 0.855. The fourth-order valence-corrected chi connectivity index (χ4v) is 2.70. The average Bonchev–Trinajstić information content (AvgIpc) is 2.34. The van der Waals surface area contributed by atoms with E-state index in [9.17, 15) is 0 Å². The Morgan fingerprint density at radius 1 is 0.824 bits per heavy atom. The van der Waals surface area contributed by atoms with Gasteiger partial charge in [0.25, 0.3) is 0 Å². The van der Waals surface area contributed by atoms with Crippen molar-refractivity contribution in [3.8, 4) is 0 Å².